The second-order valence-corrected chi connectivity index (χ2v) is 9.76. The molecule has 0 saturated carbocycles. The molecule has 2 rings (SSSR count). The van der Waals surface area contributed by atoms with Crippen LogP contribution in [0.5, 0.6) is 0 Å². The third-order valence-corrected chi connectivity index (χ3v) is 6.68. The molecular weight excluding hydrogens is 388 g/mol. The second kappa shape index (κ2) is 9.91. The number of hydrogen-bond acceptors (Lipinski definition) is 4. The first-order valence-corrected chi connectivity index (χ1v) is 10.8. The van der Waals surface area contributed by atoms with Crippen molar-refractivity contribution in [2.75, 3.05) is 19.6 Å². The van der Waals surface area contributed by atoms with Crippen LogP contribution in [-0.2, 0) is 17.1 Å². The summed E-state index contributed by atoms with van der Waals surface area (Å²) < 4.78 is 28.9. The van der Waals surface area contributed by atoms with Gasteiger partial charge in [-0.05, 0) is 37.2 Å². The number of sulfonamides is 1. The Bertz CT molecular complexity index is 733. The average Bonchev–Trinajstić information content (AvgIpc) is 2.96. The number of nitrogens with two attached hydrogens (primary N) is 1. The van der Waals surface area contributed by atoms with E-state index in [1.165, 1.54) is 16.6 Å². The number of carbonyl (C=O) groups excluding carboxylic acids is 1. The molecule has 1 fully saturated rings. The fraction of sp³-hybridized carbons (Fsp3) is 0.722. The van der Waals surface area contributed by atoms with Crippen LogP contribution in [0.15, 0.2) is 17.2 Å². The Labute approximate surface area is 169 Å². The smallest absolute Gasteiger partial charge is 0.268 e. The molecule has 0 aliphatic carbocycles. The Morgan fingerprint density at radius 3 is 2.63 bits per heavy atom. The summed E-state index contributed by atoms with van der Waals surface area (Å²) in [5.41, 5.74) is 6.08. The first-order chi connectivity index (χ1) is 12.1. The van der Waals surface area contributed by atoms with Gasteiger partial charge in [0.15, 0.2) is 0 Å². The van der Waals surface area contributed by atoms with Gasteiger partial charge >= 0.3 is 0 Å². The van der Waals surface area contributed by atoms with E-state index in [0.717, 1.165) is 19.3 Å². The Balaban J connectivity index is 0.00000364. The van der Waals surface area contributed by atoms with E-state index in [-0.39, 0.29) is 29.3 Å². The zero-order valence-electron chi connectivity index (χ0n) is 16.6. The van der Waals surface area contributed by atoms with Crippen molar-refractivity contribution < 1.29 is 13.2 Å². The molecule has 27 heavy (non-hydrogen) atoms. The first-order valence-electron chi connectivity index (χ1n) is 9.32. The molecule has 3 N–H and O–H groups in total. The van der Waals surface area contributed by atoms with Gasteiger partial charge in [-0.2, -0.15) is 4.31 Å². The van der Waals surface area contributed by atoms with Crippen LogP contribution in [-0.4, -0.2) is 48.9 Å². The van der Waals surface area contributed by atoms with E-state index in [1.807, 2.05) is 0 Å². The van der Waals surface area contributed by atoms with Gasteiger partial charge in [0.05, 0.1) is 0 Å². The summed E-state index contributed by atoms with van der Waals surface area (Å²) in [6.07, 6.45) is 4.21. The zero-order valence-corrected chi connectivity index (χ0v) is 18.3. The fourth-order valence-corrected chi connectivity index (χ4v) is 5.13. The Morgan fingerprint density at radius 2 is 2.07 bits per heavy atom. The maximum Gasteiger partial charge on any atom is 0.268 e. The minimum absolute atomic E-state index is 0. The summed E-state index contributed by atoms with van der Waals surface area (Å²) in [6.45, 7) is 7.62. The highest BCUT2D eigenvalue weighted by Crippen LogP contribution is 2.24. The van der Waals surface area contributed by atoms with Crippen LogP contribution in [0.4, 0.5) is 0 Å². The van der Waals surface area contributed by atoms with Crippen LogP contribution >= 0.6 is 12.4 Å². The number of rotatable bonds is 7. The van der Waals surface area contributed by atoms with E-state index < -0.39 is 10.0 Å². The van der Waals surface area contributed by atoms with E-state index in [4.69, 9.17) is 5.73 Å². The number of halogens is 1. The topological polar surface area (TPSA) is 97.4 Å². The molecule has 0 spiro atoms. The SMILES string of the molecule is CC(C)CC(CN)NC(=O)c1cc(S(=O)(=O)N2CCCC(C)C2)cn1C.Cl. The summed E-state index contributed by atoms with van der Waals surface area (Å²) in [5.74, 6) is 0.470. The van der Waals surface area contributed by atoms with Crippen LogP contribution in [0.3, 0.4) is 0 Å². The second-order valence-electron chi connectivity index (χ2n) is 7.82. The normalized spacial score (nSPS) is 19.6. The minimum Gasteiger partial charge on any atom is -0.347 e. The number of piperidine rings is 1. The van der Waals surface area contributed by atoms with Gasteiger partial charge in [0.2, 0.25) is 10.0 Å². The number of nitrogens with one attached hydrogen (secondary N) is 1. The highest BCUT2D eigenvalue weighted by atomic mass is 35.5. The van der Waals surface area contributed by atoms with E-state index in [0.29, 0.717) is 37.2 Å². The van der Waals surface area contributed by atoms with E-state index in [9.17, 15) is 13.2 Å². The molecule has 156 valence electrons. The maximum absolute atomic E-state index is 12.9. The van der Waals surface area contributed by atoms with Gasteiger partial charge in [0, 0.05) is 38.9 Å². The molecule has 0 bridgehead atoms. The summed E-state index contributed by atoms with van der Waals surface area (Å²) in [4.78, 5) is 12.8. The Morgan fingerprint density at radius 1 is 1.41 bits per heavy atom. The van der Waals surface area contributed by atoms with E-state index >= 15 is 0 Å². The van der Waals surface area contributed by atoms with Gasteiger partial charge in [0.1, 0.15) is 10.6 Å². The van der Waals surface area contributed by atoms with Crippen molar-refractivity contribution >= 4 is 28.3 Å². The summed E-state index contributed by atoms with van der Waals surface area (Å²) in [7, 11) is -1.89. The number of amides is 1. The molecule has 9 heteroatoms. The molecule has 2 unspecified atom stereocenters. The van der Waals surface area contributed by atoms with Crippen molar-refractivity contribution in [2.45, 2.75) is 51.0 Å². The van der Waals surface area contributed by atoms with Crippen molar-refractivity contribution in [3.63, 3.8) is 0 Å². The molecule has 2 heterocycles. The van der Waals surface area contributed by atoms with Gasteiger partial charge in [-0.1, -0.05) is 20.8 Å². The fourth-order valence-electron chi connectivity index (χ4n) is 3.46. The predicted octanol–water partition coefficient (Wildman–Crippen LogP) is 1.97. The summed E-state index contributed by atoms with van der Waals surface area (Å²) in [5, 5.41) is 2.91. The van der Waals surface area contributed by atoms with Crippen molar-refractivity contribution in [3.05, 3.63) is 18.0 Å². The van der Waals surface area contributed by atoms with Crippen molar-refractivity contribution in [2.24, 2.45) is 24.6 Å². The van der Waals surface area contributed by atoms with Crippen molar-refractivity contribution in [1.82, 2.24) is 14.2 Å². The monoisotopic (exact) mass is 420 g/mol. The third-order valence-electron chi connectivity index (χ3n) is 4.85. The molecule has 1 saturated heterocycles. The standard InChI is InChI=1S/C18H32N4O3S.ClH/c1-13(2)8-15(10-19)20-18(23)17-9-16(12-21(17)4)26(24,25)22-7-5-6-14(3)11-22;/h9,12-15H,5-8,10-11,19H2,1-4H3,(H,20,23);1H. The molecule has 2 atom stereocenters. The molecule has 1 aromatic heterocycles. The molecule has 0 aromatic carbocycles. The molecule has 1 aliphatic rings. The summed E-state index contributed by atoms with van der Waals surface area (Å²) >= 11 is 0. The van der Waals surface area contributed by atoms with Crippen molar-refractivity contribution in [3.8, 4) is 0 Å². The van der Waals surface area contributed by atoms with Gasteiger partial charge in [-0.3, -0.25) is 4.79 Å². The Hall–Kier alpha value is -1.09. The average molecular weight is 421 g/mol. The highest BCUT2D eigenvalue weighted by Gasteiger charge is 2.30. The van der Waals surface area contributed by atoms with Gasteiger partial charge in [-0.25, -0.2) is 8.42 Å². The quantitative estimate of drug-likeness (QED) is 0.704. The minimum atomic E-state index is -3.58. The van der Waals surface area contributed by atoms with Crippen LogP contribution in [0.25, 0.3) is 0 Å². The largest absolute Gasteiger partial charge is 0.347 e. The molecule has 1 amide bonds. The lowest BCUT2D eigenvalue weighted by Crippen LogP contribution is -2.41. The lowest BCUT2D eigenvalue weighted by Gasteiger charge is -2.29. The lowest BCUT2D eigenvalue weighted by molar-refractivity contribution is 0.0925. The predicted molar refractivity (Wildman–Crippen MR) is 110 cm³/mol. The van der Waals surface area contributed by atoms with Gasteiger partial charge in [-0.15, -0.1) is 12.4 Å². The van der Waals surface area contributed by atoms with E-state index in [1.54, 1.807) is 11.6 Å². The summed E-state index contributed by atoms with van der Waals surface area (Å²) in [6, 6.07) is 1.34. The number of aromatic nitrogens is 1. The molecule has 1 aliphatic heterocycles. The maximum atomic E-state index is 12.9. The van der Waals surface area contributed by atoms with Crippen LogP contribution < -0.4 is 11.1 Å². The van der Waals surface area contributed by atoms with Crippen LogP contribution in [0, 0.1) is 11.8 Å². The van der Waals surface area contributed by atoms with Gasteiger partial charge < -0.3 is 15.6 Å². The lowest BCUT2D eigenvalue weighted by atomic mass is 10.0. The number of nitrogens with zero attached hydrogens (tertiary/aromatic N) is 2. The van der Waals surface area contributed by atoms with Crippen molar-refractivity contribution in [1.29, 1.82) is 0 Å². The Kier molecular flexibility index (Phi) is 8.79. The number of hydrogen-bond donors (Lipinski definition) is 2. The van der Waals surface area contributed by atoms with Gasteiger partial charge in [0.25, 0.3) is 5.91 Å². The molecule has 7 nitrogen and oxygen atoms in total. The van der Waals surface area contributed by atoms with Crippen LogP contribution in [0.1, 0.15) is 50.5 Å². The third kappa shape index (κ3) is 5.94. The highest BCUT2D eigenvalue weighted by molar-refractivity contribution is 7.89. The molecular formula is C18H33ClN4O3S. The molecule has 0 radical (unpaired) electrons. The molecule has 1 aromatic rings. The first kappa shape index (κ1) is 23.9. The number of carbonyl (C=O) groups is 1. The van der Waals surface area contributed by atoms with E-state index in [2.05, 4.69) is 26.1 Å². The number of aryl methyl sites for hydroxylation is 1. The van der Waals surface area contributed by atoms with Crippen LogP contribution in [0.2, 0.25) is 0 Å². The zero-order chi connectivity index (χ0) is 19.5.